The number of nitrogens with zero attached hydrogens (tertiary/aromatic N) is 2. The molecule has 0 fully saturated rings. The van der Waals surface area contributed by atoms with Gasteiger partial charge in [0.2, 0.25) is 5.89 Å². The monoisotopic (exact) mass is 652 g/mol. The Morgan fingerprint density at radius 1 is 0.392 bits per heavy atom. The van der Waals surface area contributed by atoms with Gasteiger partial charge in [0, 0.05) is 44.2 Å². The van der Waals surface area contributed by atoms with Gasteiger partial charge in [0.15, 0.2) is 5.58 Å². The van der Waals surface area contributed by atoms with Crippen molar-refractivity contribution in [2.24, 2.45) is 0 Å². The summed E-state index contributed by atoms with van der Waals surface area (Å²) in [6.45, 7) is 0. The minimum absolute atomic E-state index is 0.627. The van der Waals surface area contributed by atoms with Gasteiger partial charge < -0.3 is 13.7 Å². The summed E-state index contributed by atoms with van der Waals surface area (Å²) >= 11 is 0. The van der Waals surface area contributed by atoms with Crippen LogP contribution in [-0.4, -0.2) is 4.98 Å². The van der Waals surface area contributed by atoms with Gasteiger partial charge in [-0.25, -0.2) is 4.98 Å². The molecule has 0 amide bonds. The molecule has 0 spiro atoms. The van der Waals surface area contributed by atoms with Crippen LogP contribution in [0, 0.1) is 0 Å². The smallest absolute Gasteiger partial charge is 0.227 e. The van der Waals surface area contributed by atoms with E-state index in [-0.39, 0.29) is 0 Å². The minimum atomic E-state index is 0.627. The lowest BCUT2D eigenvalue weighted by atomic mass is 9.94. The highest BCUT2D eigenvalue weighted by Crippen LogP contribution is 2.44. The van der Waals surface area contributed by atoms with Crippen molar-refractivity contribution in [1.82, 2.24) is 4.98 Å². The van der Waals surface area contributed by atoms with Gasteiger partial charge in [-0.1, -0.05) is 109 Å². The number of furan rings is 1. The first-order chi connectivity index (χ1) is 25.3. The van der Waals surface area contributed by atoms with E-state index in [0.717, 1.165) is 82.6 Å². The number of rotatable bonds is 4. The topological polar surface area (TPSA) is 42.4 Å². The lowest BCUT2D eigenvalue weighted by molar-refractivity contribution is 0.623. The summed E-state index contributed by atoms with van der Waals surface area (Å²) in [5.74, 6) is 0.627. The average Bonchev–Trinajstić information content (AvgIpc) is 3.81. The van der Waals surface area contributed by atoms with Crippen LogP contribution in [0.5, 0.6) is 0 Å². The third-order valence-electron chi connectivity index (χ3n) is 10.2. The Kier molecular flexibility index (Phi) is 5.92. The van der Waals surface area contributed by atoms with Crippen LogP contribution in [0.4, 0.5) is 17.1 Å². The molecule has 11 aromatic rings. The Bertz CT molecular complexity index is 3160. The Labute approximate surface area is 292 Å². The molecular formula is C47H28N2O2. The van der Waals surface area contributed by atoms with Crippen LogP contribution >= 0.6 is 0 Å². The van der Waals surface area contributed by atoms with Gasteiger partial charge in [0.1, 0.15) is 16.7 Å². The fourth-order valence-corrected chi connectivity index (χ4v) is 7.84. The predicted octanol–water partition coefficient (Wildman–Crippen LogP) is 13.5. The van der Waals surface area contributed by atoms with E-state index in [4.69, 9.17) is 13.8 Å². The second kappa shape index (κ2) is 10.8. The van der Waals surface area contributed by atoms with Crippen molar-refractivity contribution >= 4 is 93.2 Å². The van der Waals surface area contributed by atoms with Crippen LogP contribution in [0.15, 0.2) is 179 Å². The summed E-state index contributed by atoms with van der Waals surface area (Å²) in [4.78, 5) is 7.47. The molecule has 2 heterocycles. The number of hydrogen-bond acceptors (Lipinski definition) is 4. The minimum Gasteiger partial charge on any atom is -0.456 e. The molecule has 0 unspecified atom stereocenters. The molecule has 0 radical (unpaired) electrons. The van der Waals surface area contributed by atoms with Crippen molar-refractivity contribution < 1.29 is 8.83 Å². The Morgan fingerprint density at radius 3 is 1.88 bits per heavy atom. The van der Waals surface area contributed by atoms with E-state index in [9.17, 15) is 0 Å². The van der Waals surface area contributed by atoms with Crippen LogP contribution in [0.2, 0.25) is 0 Å². The van der Waals surface area contributed by atoms with Crippen LogP contribution in [-0.2, 0) is 0 Å². The van der Waals surface area contributed by atoms with E-state index in [1.54, 1.807) is 0 Å². The SMILES string of the molecule is c1ccc(-c2nc3c4ccc5ccc(N(c6ccc7ccccc7c6)c6ccc7oc8ccccc8c7c6)cc5c4c4ccccc4c3o2)cc1. The molecule has 9 aromatic carbocycles. The van der Waals surface area contributed by atoms with Crippen molar-refractivity contribution in [2.45, 2.75) is 0 Å². The van der Waals surface area contributed by atoms with Crippen molar-refractivity contribution in [3.63, 3.8) is 0 Å². The largest absolute Gasteiger partial charge is 0.456 e. The summed E-state index contributed by atoms with van der Waals surface area (Å²) in [7, 11) is 0. The zero-order chi connectivity index (χ0) is 33.5. The first-order valence-electron chi connectivity index (χ1n) is 17.2. The van der Waals surface area contributed by atoms with Crippen molar-refractivity contribution in [2.75, 3.05) is 4.90 Å². The number of para-hydroxylation sites is 1. The number of anilines is 3. The van der Waals surface area contributed by atoms with Gasteiger partial charge in [0.05, 0.1) is 0 Å². The maximum atomic E-state index is 6.53. The van der Waals surface area contributed by atoms with E-state index in [0.29, 0.717) is 5.89 Å². The molecule has 2 aromatic heterocycles. The number of aromatic nitrogens is 1. The quantitative estimate of drug-likeness (QED) is 0.177. The summed E-state index contributed by atoms with van der Waals surface area (Å²) in [6.07, 6.45) is 0. The maximum absolute atomic E-state index is 6.53. The molecule has 0 bridgehead atoms. The highest BCUT2D eigenvalue weighted by molar-refractivity contribution is 6.30. The van der Waals surface area contributed by atoms with E-state index >= 15 is 0 Å². The molecule has 51 heavy (non-hydrogen) atoms. The molecule has 0 N–H and O–H groups in total. The summed E-state index contributed by atoms with van der Waals surface area (Å²) < 4.78 is 12.8. The fraction of sp³-hybridized carbons (Fsp3) is 0. The lowest BCUT2D eigenvalue weighted by Gasteiger charge is -2.26. The Balaban J connectivity index is 1.20. The molecule has 0 atom stereocenters. The van der Waals surface area contributed by atoms with Crippen LogP contribution < -0.4 is 4.90 Å². The molecule has 0 saturated heterocycles. The van der Waals surface area contributed by atoms with Crippen molar-refractivity contribution in [1.29, 1.82) is 0 Å². The molecule has 238 valence electrons. The molecule has 11 rings (SSSR count). The normalized spacial score (nSPS) is 11.9. The number of hydrogen-bond donors (Lipinski definition) is 0. The Hall–Kier alpha value is -6.91. The first-order valence-corrected chi connectivity index (χ1v) is 17.2. The number of oxazole rings is 1. The third-order valence-corrected chi connectivity index (χ3v) is 10.2. The molecule has 0 aliphatic heterocycles. The zero-order valence-electron chi connectivity index (χ0n) is 27.4. The molecule has 0 aliphatic rings. The molecule has 0 saturated carbocycles. The molecule has 0 aliphatic carbocycles. The van der Waals surface area contributed by atoms with Gasteiger partial charge in [-0.15, -0.1) is 0 Å². The lowest BCUT2D eigenvalue weighted by Crippen LogP contribution is -2.10. The highest BCUT2D eigenvalue weighted by Gasteiger charge is 2.20. The third kappa shape index (κ3) is 4.30. The number of benzene rings is 9. The standard InChI is InChI=1S/C47H28N2O2/c1-2-11-31(12-3-1)47-48-45-39-24-20-30-19-22-34(27-40(30)44(39)37-15-6-7-16-38(37)46(45)51-47)49(33-21-18-29-10-4-5-13-32(29)26-33)35-23-25-43-41(28-35)36-14-8-9-17-42(36)50-43/h1-28H. The molecule has 4 heteroatoms. The first kappa shape index (κ1) is 28.0. The van der Waals surface area contributed by atoms with Gasteiger partial charge in [-0.2, -0.15) is 0 Å². The maximum Gasteiger partial charge on any atom is 0.227 e. The zero-order valence-corrected chi connectivity index (χ0v) is 27.4. The van der Waals surface area contributed by atoms with E-state index in [2.05, 4.69) is 132 Å². The number of fused-ring (bicyclic) bond motifs is 12. The second-order valence-corrected chi connectivity index (χ2v) is 13.1. The van der Waals surface area contributed by atoms with Gasteiger partial charge >= 0.3 is 0 Å². The summed E-state index contributed by atoms with van der Waals surface area (Å²) in [5.41, 5.74) is 7.61. The van der Waals surface area contributed by atoms with Crippen LogP contribution in [0.1, 0.15) is 0 Å². The van der Waals surface area contributed by atoms with E-state index < -0.39 is 0 Å². The highest BCUT2D eigenvalue weighted by atomic mass is 16.3. The Morgan fingerprint density at radius 2 is 1.02 bits per heavy atom. The average molecular weight is 653 g/mol. The van der Waals surface area contributed by atoms with Gasteiger partial charge in [0.25, 0.3) is 0 Å². The van der Waals surface area contributed by atoms with E-state index in [1.807, 2.05) is 42.5 Å². The molecule has 4 nitrogen and oxygen atoms in total. The van der Waals surface area contributed by atoms with Crippen molar-refractivity contribution in [3.05, 3.63) is 170 Å². The summed E-state index contributed by atoms with van der Waals surface area (Å²) in [6, 6.07) is 59.8. The van der Waals surface area contributed by atoms with E-state index in [1.165, 1.54) is 16.2 Å². The summed E-state index contributed by atoms with van der Waals surface area (Å²) in [5, 5.41) is 11.4. The second-order valence-electron chi connectivity index (χ2n) is 13.1. The van der Waals surface area contributed by atoms with Crippen LogP contribution in [0.3, 0.4) is 0 Å². The fourth-order valence-electron chi connectivity index (χ4n) is 7.84. The molecular weight excluding hydrogens is 625 g/mol. The predicted molar refractivity (Wildman–Crippen MR) is 211 cm³/mol. The van der Waals surface area contributed by atoms with Crippen molar-refractivity contribution in [3.8, 4) is 11.5 Å². The van der Waals surface area contributed by atoms with Gasteiger partial charge in [-0.05, 0) is 93.0 Å². The van der Waals surface area contributed by atoms with Gasteiger partial charge in [-0.3, -0.25) is 0 Å². The van der Waals surface area contributed by atoms with Crippen LogP contribution in [0.25, 0.3) is 87.6 Å².